The molecule has 130 valence electrons. The van der Waals surface area contributed by atoms with Crippen LogP contribution in [0.3, 0.4) is 0 Å². The number of aromatic nitrogens is 3. The number of anilines is 1. The number of nitrogens with zero attached hydrogens (tertiary/aromatic N) is 3. The number of aryl methyl sites for hydroxylation is 2. The van der Waals surface area contributed by atoms with E-state index in [0.29, 0.717) is 23.8 Å². The molecule has 0 aliphatic rings. The maximum atomic E-state index is 12.3. The summed E-state index contributed by atoms with van der Waals surface area (Å²) in [7, 11) is 0. The van der Waals surface area contributed by atoms with Crippen LogP contribution in [0.25, 0.3) is 0 Å². The fourth-order valence-electron chi connectivity index (χ4n) is 2.34. The summed E-state index contributed by atoms with van der Waals surface area (Å²) >= 11 is 0. The Bertz CT molecular complexity index is 828. The highest BCUT2D eigenvalue weighted by molar-refractivity contribution is 5.88. The van der Waals surface area contributed by atoms with E-state index in [4.69, 9.17) is 9.05 Å². The molecule has 1 aromatic carbocycles. The zero-order chi connectivity index (χ0) is 17.6. The second kappa shape index (κ2) is 7.61. The van der Waals surface area contributed by atoms with Gasteiger partial charge in [0.05, 0.1) is 5.69 Å². The van der Waals surface area contributed by atoms with E-state index >= 15 is 0 Å². The first-order valence-electron chi connectivity index (χ1n) is 8.04. The van der Waals surface area contributed by atoms with Gasteiger partial charge in [-0.1, -0.05) is 47.6 Å². The Morgan fingerprint density at radius 2 is 2.00 bits per heavy atom. The monoisotopic (exact) mass is 341 g/mol. The Morgan fingerprint density at radius 3 is 2.68 bits per heavy atom. The lowest BCUT2D eigenvalue weighted by Crippen LogP contribution is -2.33. The maximum absolute atomic E-state index is 12.3. The summed E-state index contributed by atoms with van der Waals surface area (Å²) in [5.74, 6) is 1.21. The Balaban J connectivity index is 1.79. The average molecular weight is 341 g/mol. The lowest BCUT2D eigenvalue weighted by Gasteiger charge is -2.15. The Kier molecular flexibility index (Phi) is 5.08. The maximum Gasteiger partial charge on any atom is 0.322 e. The predicted molar refractivity (Wildman–Crippen MR) is 90.0 cm³/mol. The van der Waals surface area contributed by atoms with Gasteiger partial charge in [-0.2, -0.15) is 4.98 Å². The van der Waals surface area contributed by atoms with E-state index in [9.17, 15) is 4.79 Å². The highest BCUT2D eigenvalue weighted by Gasteiger charge is 2.23. The normalized spacial score (nSPS) is 11.9. The Labute approximate surface area is 144 Å². The zero-order valence-corrected chi connectivity index (χ0v) is 14.0. The first-order chi connectivity index (χ1) is 12.2. The first-order valence-corrected chi connectivity index (χ1v) is 8.04. The van der Waals surface area contributed by atoms with Gasteiger partial charge in [0.15, 0.2) is 5.82 Å². The van der Waals surface area contributed by atoms with Gasteiger partial charge in [-0.05, 0) is 18.9 Å². The van der Waals surface area contributed by atoms with Crippen LogP contribution in [0.5, 0.6) is 0 Å². The summed E-state index contributed by atoms with van der Waals surface area (Å²) in [6.45, 7) is 3.80. The highest BCUT2D eigenvalue weighted by Crippen LogP contribution is 2.20. The molecule has 2 amide bonds. The molecule has 2 heterocycles. The van der Waals surface area contributed by atoms with Gasteiger partial charge in [0.1, 0.15) is 6.04 Å². The van der Waals surface area contributed by atoms with Gasteiger partial charge < -0.3 is 14.4 Å². The molecule has 0 saturated heterocycles. The first kappa shape index (κ1) is 16.7. The molecule has 3 aromatic rings. The van der Waals surface area contributed by atoms with Crippen molar-refractivity contribution in [3.8, 4) is 0 Å². The molecule has 0 fully saturated rings. The van der Waals surface area contributed by atoms with Crippen LogP contribution in [0, 0.1) is 6.92 Å². The van der Waals surface area contributed by atoms with E-state index in [1.165, 1.54) is 0 Å². The van der Waals surface area contributed by atoms with Gasteiger partial charge in [0.25, 0.3) is 0 Å². The number of hydrogen-bond acceptors (Lipinski definition) is 6. The molecule has 3 rings (SSSR count). The number of hydrogen-bond donors (Lipinski definition) is 2. The summed E-state index contributed by atoms with van der Waals surface area (Å²) in [4.78, 5) is 16.7. The topological polar surface area (TPSA) is 106 Å². The summed E-state index contributed by atoms with van der Waals surface area (Å²) in [6, 6.07) is 10.1. The third kappa shape index (κ3) is 4.23. The minimum Gasteiger partial charge on any atom is -0.339 e. The van der Waals surface area contributed by atoms with Crippen molar-refractivity contribution in [3.63, 3.8) is 0 Å². The van der Waals surface area contributed by atoms with Crippen LogP contribution in [0.2, 0.25) is 0 Å². The number of urea groups is 1. The lowest BCUT2D eigenvalue weighted by atomic mass is 10.1. The number of nitrogens with one attached hydrogen (secondary N) is 2. The fraction of sp³-hybridized carbons (Fsp3) is 0.294. The molecule has 8 heteroatoms. The van der Waals surface area contributed by atoms with E-state index in [0.717, 1.165) is 12.0 Å². The Morgan fingerprint density at radius 1 is 1.20 bits per heavy atom. The van der Waals surface area contributed by atoms with Crippen molar-refractivity contribution >= 4 is 11.9 Å². The van der Waals surface area contributed by atoms with Gasteiger partial charge in [0, 0.05) is 12.5 Å². The fourth-order valence-corrected chi connectivity index (χ4v) is 2.34. The summed E-state index contributed by atoms with van der Waals surface area (Å²) < 4.78 is 10.2. The van der Waals surface area contributed by atoms with E-state index in [1.54, 1.807) is 13.0 Å². The minimum absolute atomic E-state index is 0.265. The quantitative estimate of drug-likeness (QED) is 0.713. The van der Waals surface area contributed by atoms with Gasteiger partial charge in [0.2, 0.25) is 11.8 Å². The molecular weight excluding hydrogens is 322 g/mol. The highest BCUT2D eigenvalue weighted by atomic mass is 16.5. The number of carbonyl (C=O) groups is 1. The molecule has 0 aliphatic carbocycles. The second-order valence-corrected chi connectivity index (χ2v) is 5.57. The molecule has 8 nitrogen and oxygen atoms in total. The van der Waals surface area contributed by atoms with Crippen molar-refractivity contribution in [1.29, 1.82) is 0 Å². The SMILES string of the molecule is CCCc1nc([C@H](NC(=O)Nc2cc(C)no2)c2ccccc2)no1. The molecule has 2 aromatic heterocycles. The van der Waals surface area contributed by atoms with Gasteiger partial charge in [-0.3, -0.25) is 5.32 Å². The van der Waals surface area contributed by atoms with E-state index in [1.807, 2.05) is 37.3 Å². The molecule has 0 saturated carbocycles. The van der Waals surface area contributed by atoms with E-state index in [-0.39, 0.29) is 5.88 Å². The average Bonchev–Trinajstić information content (AvgIpc) is 3.23. The number of amides is 2. The summed E-state index contributed by atoms with van der Waals surface area (Å²) in [5, 5.41) is 13.2. The van der Waals surface area contributed by atoms with Crippen molar-refractivity contribution < 1.29 is 13.8 Å². The van der Waals surface area contributed by atoms with Gasteiger partial charge in [-0.15, -0.1) is 0 Å². The molecule has 0 radical (unpaired) electrons. The third-order valence-corrected chi connectivity index (χ3v) is 3.48. The molecule has 0 bridgehead atoms. The van der Waals surface area contributed by atoms with Crippen LogP contribution >= 0.6 is 0 Å². The molecule has 0 unspecified atom stereocenters. The van der Waals surface area contributed by atoms with Crippen molar-refractivity contribution in [1.82, 2.24) is 20.6 Å². The van der Waals surface area contributed by atoms with Crippen molar-refractivity contribution in [2.75, 3.05) is 5.32 Å². The number of rotatable bonds is 6. The molecule has 25 heavy (non-hydrogen) atoms. The van der Waals surface area contributed by atoms with Crippen LogP contribution in [-0.2, 0) is 6.42 Å². The van der Waals surface area contributed by atoms with Crippen molar-refractivity contribution in [2.45, 2.75) is 32.7 Å². The zero-order valence-electron chi connectivity index (χ0n) is 14.0. The minimum atomic E-state index is -0.542. The lowest BCUT2D eigenvalue weighted by molar-refractivity contribution is 0.248. The number of benzene rings is 1. The molecule has 0 aliphatic heterocycles. The predicted octanol–water partition coefficient (Wildman–Crippen LogP) is 3.23. The van der Waals surface area contributed by atoms with Crippen LogP contribution in [0.15, 0.2) is 45.4 Å². The standard InChI is InChI=1S/C17H19N5O3/c1-3-7-13-18-16(22-24-13)15(12-8-5-4-6-9-12)20-17(23)19-14-10-11(2)21-25-14/h4-6,8-10,15H,3,7H2,1-2H3,(H2,19,20,23)/t15-/m1/s1. The van der Waals surface area contributed by atoms with Crippen molar-refractivity contribution in [2.24, 2.45) is 0 Å². The van der Waals surface area contributed by atoms with E-state index < -0.39 is 12.1 Å². The number of carbonyl (C=O) groups excluding carboxylic acids is 1. The van der Waals surface area contributed by atoms with Crippen LogP contribution < -0.4 is 10.6 Å². The summed E-state index contributed by atoms with van der Waals surface area (Å²) in [6.07, 6.45) is 1.59. The smallest absolute Gasteiger partial charge is 0.322 e. The molecule has 1 atom stereocenters. The largest absolute Gasteiger partial charge is 0.339 e. The third-order valence-electron chi connectivity index (χ3n) is 3.48. The van der Waals surface area contributed by atoms with Gasteiger partial charge in [-0.25, -0.2) is 4.79 Å². The van der Waals surface area contributed by atoms with Crippen LogP contribution in [-0.4, -0.2) is 21.3 Å². The van der Waals surface area contributed by atoms with Crippen molar-refractivity contribution in [3.05, 3.63) is 59.4 Å². The van der Waals surface area contributed by atoms with Gasteiger partial charge >= 0.3 is 6.03 Å². The second-order valence-electron chi connectivity index (χ2n) is 5.57. The molecule has 0 spiro atoms. The summed E-state index contributed by atoms with van der Waals surface area (Å²) in [5.41, 5.74) is 1.52. The molecular formula is C17H19N5O3. The Hall–Kier alpha value is -3.16. The van der Waals surface area contributed by atoms with E-state index in [2.05, 4.69) is 25.9 Å². The molecule has 2 N–H and O–H groups in total. The van der Waals surface area contributed by atoms with Crippen LogP contribution in [0.4, 0.5) is 10.7 Å². The van der Waals surface area contributed by atoms with Crippen LogP contribution in [0.1, 0.15) is 42.4 Å².